The van der Waals surface area contributed by atoms with E-state index in [0.717, 1.165) is 12.1 Å². The summed E-state index contributed by atoms with van der Waals surface area (Å²) in [5, 5.41) is 0.136. The van der Waals surface area contributed by atoms with Gasteiger partial charge in [-0.25, -0.2) is 13.4 Å². The van der Waals surface area contributed by atoms with Gasteiger partial charge in [0.05, 0.1) is 6.33 Å². The molecule has 1 aliphatic heterocycles. The van der Waals surface area contributed by atoms with Crippen molar-refractivity contribution < 1.29 is 8.42 Å². The summed E-state index contributed by atoms with van der Waals surface area (Å²) in [7, 11) is -3.51. The average Bonchev–Trinajstić information content (AvgIpc) is 3.07. The second-order valence-corrected chi connectivity index (χ2v) is 8.18. The van der Waals surface area contributed by atoms with Gasteiger partial charge in [0.25, 0.3) is 10.0 Å². The van der Waals surface area contributed by atoms with Crippen LogP contribution >= 0.6 is 0 Å². The summed E-state index contributed by atoms with van der Waals surface area (Å²) in [5.41, 5.74) is 1.14. The van der Waals surface area contributed by atoms with Crippen LogP contribution in [0.2, 0.25) is 0 Å². The number of rotatable bonds is 5. The van der Waals surface area contributed by atoms with Crippen molar-refractivity contribution in [1.29, 1.82) is 0 Å². The van der Waals surface area contributed by atoms with Gasteiger partial charge in [0.15, 0.2) is 5.03 Å². The van der Waals surface area contributed by atoms with Gasteiger partial charge in [-0.1, -0.05) is 6.07 Å². The molecule has 0 amide bonds. The number of pyridine rings is 1. The Morgan fingerprint density at radius 1 is 1.21 bits per heavy atom. The Morgan fingerprint density at radius 3 is 2.54 bits per heavy atom. The number of hydrogen-bond acceptors (Lipinski definition) is 5. The minimum Gasteiger partial charge on any atom is -0.334 e. The molecule has 1 aliphatic rings. The zero-order valence-electron chi connectivity index (χ0n) is 14.0. The lowest BCUT2D eigenvalue weighted by atomic mass is 10.2. The van der Waals surface area contributed by atoms with Gasteiger partial charge in [0.1, 0.15) is 0 Å². The van der Waals surface area contributed by atoms with Gasteiger partial charge >= 0.3 is 0 Å². The highest BCUT2D eigenvalue weighted by molar-refractivity contribution is 7.89. The molecule has 7 nitrogen and oxygen atoms in total. The standard InChI is InChI=1S/C16H23N5O2S/c1-14(2)20-12-16(18-13-20)24(22,23)21-8-6-19(7-9-21)11-15-4-3-5-17-10-15/h3-5,10,12-14H,6-9,11H2,1-2H3. The normalized spacial score (nSPS) is 17.5. The topological polar surface area (TPSA) is 71.3 Å². The second-order valence-electron chi connectivity index (χ2n) is 6.29. The maximum Gasteiger partial charge on any atom is 0.262 e. The van der Waals surface area contributed by atoms with Crippen molar-refractivity contribution in [1.82, 2.24) is 23.7 Å². The molecule has 3 rings (SSSR count). The largest absolute Gasteiger partial charge is 0.334 e. The van der Waals surface area contributed by atoms with E-state index in [9.17, 15) is 8.42 Å². The lowest BCUT2D eigenvalue weighted by Gasteiger charge is -2.33. The Kier molecular flexibility index (Phi) is 4.98. The summed E-state index contributed by atoms with van der Waals surface area (Å²) < 4.78 is 28.8. The zero-order valence-corrected chi connectivity index (χ0v) is 14.9. The van der Waals surface area contributed by atoms with Crippen molar-refractivity contribution in [2.75, 3.05) is 26.2 Å². The fourth-order valence-corrected chi connectivity index (χ4v) is 4.09. The fraction of sp³-hybridized carbons (Fsp3) is 0.500. The van der Waals surface area contributed by atoms with Gasteiger partial charge in [0.2, 0.25) is 0 Å². The fourth-order valence-electron chi connectivity index (χ4n) is 2.74. The SMILES string of the molecule is CC(C)n1cnc(S(=O)(=O)N2CCN(Cc3cccnc3)CC2)c1. The van der Waals surface area contributed by atoms with Crippen LogP contribution in [-0.4, -0.2) is 58.3 Å². The number of hydrogen-bond donors (Lipinski definition) is 0. The summed E-state index contributed by atoms with van der Waals surface area (Å²) in [6.07, 6.45) is 6.80. The minimum absolute atomic E-state index is 0.136. The lowest BCUT2D eigenvalue weighted by molar-refractivity contribution is 0.181. The highest BCUT2D eigenvalue weighted by Crippen LogP contribution is 2.18. The van der Waals surface area contributed by atoms with Crippen molar-refractivity contribution >= 4 is 10.0 Å². The van der Waals surface area contributed by atoms with Crippen LogP contribution in [0.1, 0.15) is 25.5 Å². The molecule has 0 aliphatic carbocycles. The monoisotopic (exact) mass is 349 g/mol. The van der Waals surface area contributed by atoms with Crippen molar-refractivity contribution in [3.05, 3.63) is 42.6 Å². The van der Waals surface area contributed by atoms with Crippen LogP contribution < -0.4 is 0 Å². The summed E-state index contributed by atoms with van der Waals surface area (Å²) in [4.78, 5) is 10.4. The molecule has 2 aromatic rings. The molecule has 2 aromatic heterocycles. The van der Waals surface area contributed by atoms with E-state index >= 15 is 0 Å². The molecule has 0 N–H and O–H groups in total. The van der Waals surface area contributed by atoms with Gasteiger partial charge in [-0.15, -0.1) is 0 Å². The molecule has 130 valence electrons. The van der Waals surface area contributed by atoms with Gasteiger partial charge in [0, 0.05) is 57.4 Å². The van der Waals surface area contributed by atoms with Crippen LogP contribution in [0.4, 0.5) is 0 Å². The Morgan fingerprint density at radius 2 is 1.96 bits per heavy atom. The number of piperazine rings is 1. The van der Waals surface area contributed by atoms with Crippen LogP contribution in [-0.2, 0) is 16.6 Å². The lowest BCUT2D eigenvalue weighted by Crippen LogP contribution is -2.48. The second kappa shape index (κ2) is 7.00. The van der Waals surface area contributed by atoms with Crippen LogP contribution in [0.3, 0.4) is 0 Å². The summed E-state index contributed by atoms with van der Waals surface area (Å²) >= 11 is 0. The highest BCUT2D eigenvalue weighted by atomic mass is 32.2. The quantitative estimate of drug-likeness (QED) is 0.815. The van der Waals surface area contributed by atoms with Crippen LogP contribution in [0.25, 0.3) is 0 Å². The van der Waals surface area contributed by atoms with Crippen molar-refractivity contribution in [3.63, 3.8) is 0 Å². The number of imidazole rings is 1. The third-order valence-electron chi connectivity index (χ3n) is 4.24. The smallest absolute Gasteiger partial charge is 0.262 e. The van der Waals surface area contributed by atoms with Crippen molar-refractivity contribution in [3.8, 4) is 0 Å². The van der Waals surface area contributed by atoms with E-state index in [4.69, 9.17) is 0 Å². The van der Waals surface area contributed by atoms with E-state index in [1.807, 2.05) is 36.7 Å². The molecule has 0 radical (unpaired) electrons. The van der Waals surface area contributed by atoms with Crippen LogP contribution in [0.15, 0.2) is 42.1 Å². The number of nitrogens with zero attached hydrogens (tertiary/aromatic N) is 5. The van der Waals surface area contributed by atoms with Gasteiger partial charge < -0.3 is 4.57 Å². The molecule has 0 atom stereocenters. The molecule has 24 heavy (non-hydrogen) atoms. The Labute approximate surface area is 143 Å². The third kappa shape index (κ3) is 3.66. The van der Waals surface area contributed by atoms with Gasteiger partial charge in [-0.05, 0) is 25.5 Å². The highest BCUT2D eigenvalue weighted by Gasteiger charge is 2.30. The Bertz CT molecular complexity index is 765. The summed E-state index contributed by atoms with van der Waals surface area (Å²) in [6, 6.07) is 4.15. The maximum atomic E-state index is 12.7. The van der Waals surface area contributed by atoms with Crippen LogP contribution in [0.5, 0.6) is 0 Å². The molecule has 1 saturated heterocycles. The third-order valence-corrected chi connectivity index (χ3v) is 6.02. The molecular formula is C16H23N5O2S. The zero-order chi connectivity index (χ0) is 17.2. The molecular weight excluding hydrogens is 326 g/mol. The molecule has 3 heterocycles. The van der Waals surface area contributed by atoms with Gasteiger partial charge in [-0.2, -0.15) is 4.31 Å². The molecule has 8 heteroatoms. The maximum absolute atomic E-state index is 12.7. The molecule has 0 unspecified atom stereocenters. The first kappa shape index (κ1) is 17.1. The predicted octanol–water partition coefficient (Wildman–Crippen LogP) is 1.37. The van der Waals surface area contributed by atoms with E-state index in [1.54, 1.807) is 18.7 Å². The van der Waals surface area contributed by atoms with E-state index in [-0.39, 0.29) is 11.1 Å². The first-order valence-electron chi connectivity index (χ1n) is 8.11. The predicted molar refractivity (Wildman–Crippen MR) is 90.9 cm³/mol. The first-order chi connectivity index (χ1) is 11.5. The van der Waals surface area contributed by atoms with E-state index in [2.05, 4.69) is 14.9 Å². The minimum atomic E-state index is -3.51. The number of aromatic nitrogens is 3. The van der Waals surface area contributed by atoms with Crippen molar-refractivity contribution in [2.24, 2.45) is 0 Å². The van der Waals surface area contributed by atoms with E-state index < -0.39 is 10.0 Å². The Balaban J connectivity index is 1.62. The van der Waals surface area contributed by atoms with E-state index in [0.29, 0.717) is 26.2 Å². The molecule has 0 bridgehead atoms. The average molecular weight is 349 g/mol. The summed E-state index contributed by atoms with van der Waals surface area (Å²) in [6.45, 7) is 7.17. The number of sulfonamides is 1. The summed E-state index contributed by atoms with van der Waals surface area (Å²) in [5.74, 6) is 0. The molecule has 0 spiro atoms. The molecule has 0 aromatic carbocycles. The Hall–Kier alpha value is -1.77. The van der Waals surface area contributed by atoms with Crippen LogP contribution in [0, 0.1) is 0 Å². The van der Waals surface area contributed by atoms with Crippen molar-refractivity contribution in [2.45, 2.75) is 31.5 Å². The first-order valence-corrected chi connectivity index (χ1v) is 9.55. The van der Waals surface area contributed by atoms with Gasteiger partial charge in [-0.3, -0.25) is 9.88 Å². The molecule has 1 fully saturated rings. The van der Waals surface area contributed by atoms with E-state index in [1.165, 1.54) is 4.31 Å². The molecule has 0 saturated carbocycles.